The number of benzene rings is 1. The number of anilines is 1. The molecule has 2 N–H and O–H groups in total. The monoisotopic (exact) mass is 298 g/mol. The third-order valence-electron chi connectivity index (χ3n) is 3.50. The molecule has 0 radical (unpaired) electrons. The third-order valence-corrected chi connectivity index (χ3v) is 4.98. The zero-order chi connectivity index (χ0) is 14.4. The second kappa shape index (κ2) is 7.06. The van der Waals surface area contributed by atoms with E-state index in [1.54, 1.807) is 31.3 Å². The van der Waals surface area contributed by atoms with Crippen LogP contribution in [0.25, 0.3) is 0 Å². The molecule has 0 spiro atoms. The van der Waals surface area contributed by atoms with Crippen LogP contribution in [0.15, 0.2) is 29.2 Å². The van der Waals surface area contributed by atoms with Crippen molar-refractivity contribution in [2.45, 2.75) is 36.7 Å². The topological polar surface area (TPSA) is 67.4 Å². The second-order valence-corrected chi connectivity index (χ2v) is 6.72. The maximum absolute atomic E-state index is 12.0. The van der Waals surface area contributed by atoms with E-state index in [2.05, 4.69) is 10.0 Å². The van der Waals surface area contributed by atoms with Crippen molar-refractivity contribution in [2.24, 2.45) is 0 Å². The van der Waals surface area contributed by atoms with E-state index in [-0.39, 0.29) is 4.90 Å². The van der Waals surface area contributed by atoms with Crippen LogP contribution in [0.5, 0.6) is 0 Å². The first-order valence-electron chi connectivity index (χ1n) is 7.01. The van der Waals surface area contributed by atoms with E-state index >= 15 is 0 Å². The maximum Gasteiger partial charge on any atom is 0.240 e. The fraction of sp³-hybridized carbons (Fsp3) is 0.571. The normalized spacial score (nSPS) is 16.4. The molecule has 0 atom stereocenters. The highest BCUT2D eigenvalue weighted by molar-refractivity contribution is 7.89. The van der Waals surface area contributed by atoms with Gasteiger partial charge in [-0.2, -0.15) is 0 Å². The molecule has 1 aliphatic rings. The Labute approximate surface area is 120 Å². The van der Waals surface area contributed by atoms with Gasteiger partial charge in [0.15, 0.2) is 0 Å². The average Bonchev–Trinajstić information content (AvgIpc) is 2.97. The van der Waals surface area contributed by atoms with Crippen LogP contribution in [-0.4, -0.2) is 34.7 Å². The summed E-state index contributed by atoms with van der Waals surface area (Å²) in [4.78, 5) is 0.275. The molecule has 5 nitrogen and oxygen atoms in total. The van der Waals surface area contributed by atoms with Crippen molar-refractivity contribution in [3.8, 4) is 0 Å². The quantitative estimate of drug-likeness (QED) is 0.755. The van der Waals surface area contributed by atoms with Gasteiger partial charge in [-0.1, -0.05) is 12.8 Å². The Balaban J connectivity index is 1.80. The minimum absolute atomic E-state index is 0.275. The Bertz CT molecular complexity index is 508. The van der Waals surface area contributed by atoms with Crippen LogP contribution in [0.2, 0.25) is 0 Å². The van der Waals surface area contributed by atoms with Gasteiger partial charge in [0.05, 0.1) is 17.6 Å². The van der Waals surface area contributed by atoms with E-state index in [9.17, 15) is 8.42 Å². The summed E-state index contributed by atoms with van der Waals surface area (Å²) in [6, 6.07) is 6.66. The van der Waals surface area contributed by atoms with Crippen molar-refractivity contribution in [3.63, 3.8) is 0 Å². The largest absolute Gasteiger partial charge is 0.388 e. The van der Waals surface area contributed by atoms with E-state index < -0.39 is 10.0 Å². The first kappa shape index (κ1) is 15.3. The molecule has 0 bridgehead atoms. The smallest absolute Gasteiger partial charge is 0.240 e. The predicted octanol–water partition coefficient (Wildman–Crippen LogP) is 1.97. The molecule has 0 aromatic heterocycles. The van der Waals surface area contributed by atoms with E-state index in [0.717, 1.165) is 18.5 Å². The van der Waals surface area contributed by atoms with Crippen molar-refractivity contribution >= 4 is 15.7 Å². The predicted molar refractivity (Wildman–Crippen MR) is 79.4 cm³/mol. The minimum atomic E-state index is -3.44. The van der Waals surface area contributed by atoms with Crippen LogP contribution in [0.1, 0.15) is 25.7 Å². The van der Waals surface area contributed by atoms with Gasteiger partial charge in [-0.05, 0) is 37.1 Å². The Hall–Kier alpha value is -1.11. The second-order valence-electron chi connectivity index (χ2n) is 4.95. The molecule has 2 rings (SSSR count). The maximum atomic E-state index is 12.0. The fourth-order valence-corrected chi connectivity index (χ4v) is 3.35. The SMILES string of the molecule is CNc1ccc(S(=O)(=O)NCCOC2CCCC2)cc1. The summed E-state index contributed by atoms with van der Waals surface area (Å²) in [7, 11) is -1.65. The molecule has 0 saturated heterocycles. The minimum Gasteiger partial charge on any atom is -0.388 e. The van der Waals surface area contributed by atoms with Gasteiger partial charge in [0.2, 0.25) is 10.0 Å². The van der Waals surface area contributed by atoms with E-state index in [0.29, 0.717) is 19.3 Å². The highest BCUT2D eigenvalue weighted by Gasteiger charge is 2.16. The lowest BCUT2D eigenvalue weighted by molar-refractivity contribution is 0.0626. The molecule has 112 valence electrons. The highest BCUT2D eigenvalue weighted by Crippen LogP contribution is 2.20. The number of hydrogen-bond acceptors (Lipinski definition) is 4. The van der Waals surface area contributed by atoms with Gasteiger partial charge in [0, 0.05) is 19.3 Å². The number of nitrogens with one attached hydrogen (secondary N) is 2. The number of hydrogen-bond donors (Lipinski definition) is 2. The summed E-state index contributed by atoms with van der Waals surface area (Å²) in [5.41, 5.74) is 0.883. The summed E-state index contributed by atoms with van der Waals surface area (Å²) in [5.74, 6) is 0. The van der Waals surface area contributed by atoms with E-state index in [1.165, 1.54) is 12.8 Å². The summed E-state index contributed by atoms with van der Waals surface area (Å²) < 4.78 is 32.3. The summed E-state index contributed by atoms with van der Waals surface area (Å²) >= 11 is 0. The molecule has 1 saturated carbocycles. The molecule has 1 aromatic rings. The van der Waals surface area contributed by atoms with Gasteiger partial charge < -0.3 is 10.1 Å². The van der Waals surface area contributed by atoms with Crippen molar-refractivity contribution in [1.82, 2.24) is 4.72 Å². The van der Waals surface area contributed by atoms with Crippen LogP contribution in [0.4, 0.5) is 5.69 Å². The van der Waals surface area contributed by atoms with Gasteiger partial charge >= 0.3 is 0 Å². The lowest BCUT2D eigenvalue weighted by Crippen LogP contribution is -2.28. The molecule has 20 heavy (non-hydrogen) atoms. The average molecular weight is 298 g/mol. The zero-order valence-corrected chi connectivity index (χ0v) is 12.6. The van der Waals surface area contributed by atoms with Gasteiger partial charge in [-0.3, -0.25) is 0 Å². The summed E-state index contributed by atoms with van der Waals surface area (Å²) in [6.07, 6.45) is 4.94. The van der Waals surface area contributed by atoms with E-state index in [1.807, 2.05) is 0 Å². The van der Waals surface area contributed by atoms with Gasteiger partial charge in [0.1, 0.15) is 0 Å². The van der Waals surface area contributed by atoms with Crippen molar-refractivity contribution in [2.75, 3.05) is 25.5 Å². The Morgan fingerprint density at radius 3 is 2.45 bits per heavy atom. The Kier molecular flexibility index (Phi) is 5.39. The first-order valence-corrected chi connectivity index (χ1v) is 8.49. The van der Waals surface area contributed by atoms with E-state index in [4.69, 9.17) is 4.74 Å². The van der Waals surface area contributed by atoms with Gasteiger partial charge in [-0.15, -0.1) is 0 Å². The van der Waals surface area contributed by atoms with Gasteiger partial charge in [-0.25, -0.2) is 13.1 Å². The molecule has 0 heterocycles. The molecule has 0 unspecified atom stereocenters. The molecule has 0 aliphatic heterocycles. The van der Waals surface area contributed by atoms with Crippen LogP contribution in [0, 0.1) is 0 Å². The van der Waals surface area contributed by atoms with Crippen LogP contribution < -0.4 is 10.0 Å². The molecule has 1 fully saturated rings. The number of sulfonamides is 1. The van der Waals surface area contributed by atoms with Crippen molar-refractivity contribution < 1.29 is 13.2 Å². The molecular formula is C14H22N2O3S. The van der Waals surface area contributed by atoms with Crippen molar-refractivity contribution in [3.05, 3.63) is 24.3 Å². The zero-order valence-electron chi connectivity index (χ0n) is 11.8. The van der Waals surface area contributed by atoms with Crippen molar-refractivity contribution in [1.29, 1.82) is 0 Å². The molecule has 0 amide bonds. The molecule has 1 aliphatic carbocycles. The Morgan fingerprint density at radius 1 is 1.20 bits per heavy atom. The van der Waals surface area contributed by atoms with Gasteiger partial charge in [0.25, 0.3) is 0 Å². The summed E-state index contributed by atoms with van der Waals surface area (Å²) in [5, 5.41) is 2.95. The molecular weight excluding hydrogens is 276 g/mol. The summed E-state index contributed by atoms with van der Waals surface area (Å²) in [6.45, 7) is 0.741. The molecule has 1 aromatic carbocycles. The van der Waals surface area contributed by atoms with Crippen LogP contribution >= 0.6 is 0 Å². The van der Waals surface area contributed by atoms with Crippen LogP contribution in [-0.2, 0) is 14.8 Å². The first-order chi connectivity index (χ1) is 9.62. The Morgan fingerprint density at radius 2 is 1.85 bits per heavy atom. The standard InChI is InChI=1S/C14H22N2O3S/c1-15-12-6-8-14(9-7-12)20(17,18)16-10-11-19-13-4-2-3-5-13/h6-9,13,15-16H,2-5,10-11H2,1H3. The fourth-order valence-electron chi connectivity index (χ4n) is 2.34. The molecule has 6 heteroatoms. The number of rotatable bonds is 7. The number of ether oxygens (including phenoxy) is 1. The lowest BCUT2D eigenvalue weighted by Gasteiger charge is -2.12. The lowest BCUT2D eigenvalue weighted by atomic mass is 10.3. The highest BCUT2D eigenvalue weighted by atomic mass is 32.2. The van der Waals surface area contributed by atoms with Crippen LogP contribution in [0.3, 0.4) is 0 Å². The third kappa shape index (κ3) is 4.19.